The molecule has 0 saturated carbocycles. The maximum atomic E-state index is 12.1. The van der Waals surface area contributed by atoms with Crippen LogP contribution >= 0.6 is 0 Å². The van der Waals surface area contributed by atoms with Crippen LogP contribution in [0.4, 0.5) is 13.2 Å². The molecule has 0 bridgehead atoms. The number of alkyl halides is 3. The monoisotopic (exact) mass is 292 g/mol. The molecule has 0 unspecified atom stereocenters. The summed E-state index contributed by atoms with van der Waals surface area (Å²) in [4.78, 5) is 0. The number of methoxy groups -OCH3 is 2. The van der Waals surface area contributed by atoms with E-state index in [0.717, 1.165) is 18.4 Å². The first-order valence-electron chi connectivity index (χ1n) is 6.35. The number of hydrogen-bond donors (Lipinski definition) is 0. The maximum absolute atomic E-state index is 12.1. The summed E-state index contributed by atoms with van der Waals surface area (Å²) in [5.41, 5.74) is 0.940. The van der Waals surface area contributed by atoms with E-state index >= 15 is 0 Å². The van der Waals surface area contributed by atoms with Crippen molar-refractivity contribution in [1.29, 1.82) is 0 Å². The lowest BCUT2D eigenvalue weighted by Crippen LogP contribution is -2.13. The molecule has 0 spiro atoms. The van der Waals surface area contributed by atoms with Gasteiger partial charge >= 0.3 is 6.18 Å². The fraction of sp³-hybridized carbons (Fsp3) is 0.571. The zero-order chi connectivity index (χ0) is 15.2. The molecule has 0 N–H and O–H groups in total. The Bertz CT molecular complexity index is 430. The van der Waals surface area contributed by atoms with Crippen molar-refractivity contribution in [2.24, 2.45) is 0 Å². The Kier molecular flexibility index (Phi) is 5.98. The van der Waals surface area contributed by atoms with Crippen LogP contribution in [0, 0.1) is 0 Å². The van der Waals surface area contributed by atoms with Crippen LogP contribution in [-0.2, 0) is 6.42 Å². The van der Waals surface area contributed by atoms with Crippen LogP contribution in [0.15, 0.2) is 12.1 Å². The Balaban J connectivity index is 2.88. The zero-order valence-electron chi connectivity index (χ0n) is 11.8. The second-order valence-electron chi connectivity index (χ2n) is 4.28. The van der Waals surface area contributed by atoms with E-state index in [1.165, 1.54) is 14.2 Å². The summed E-state index contributed by atoms with van der Waals surface area (Å²) in [6, 6.07) is 3.31. The molecular weight excluding hydrogens is 273 g/mol. The smallest absolute Gasteiger partial charge is 0.392 e. The molecule has 1 rings (SSSR count). The Morgan fingerprint density at radius 3 is 2.15 bits per heavy atom. The van der Waals surface area contributed by atoms with Gasteiger partial charge in [-0.15, -0.1) is 0 Å². The molecule has 3 nitrogen and oxygen atoms in total. The van der Waals surface area contributed by atoms with E-state index in [1.54, 1.807) is 12.1 Å². The fourth-order valence-electron chi connectivity index (χ4n) is 1.79. The van der Waals surface area contributed by atoms with Crippen molar-refractivity contribution in [2.75, 3.05) is 20.8 Å². The highest BCUT2D eigenvalue weighted by Crippen LogP contribution is 2.36. The molecule has 0 radical (unpaired) electrons. The molecule has 0 amide bonds. The summed E-state index contributed by atoms with van der Waals surface area (Å²) in [6.45, 7) is 1.58. The van der Waals surface area contributed by atoms with Crippen molar-refractivity contribution in [3.05, 3.63) is 17.7 Å². The van der Waals surface area contributed by atoms with E-state index in [4.69, 9.17) is 14.2 Å². The minimum Gasteiger partial charge on any atom is -0.496 e. The average molecular weight is 292 g/mol. The summed E-state index contributed by atoms with van der Waals surface area (Å²) >= 11 is 0. The predicted molar refractivity (Wildman–Crippen MR) is 69.7 cm³/mol. The molecule has 0 saturated heterocycles. The van der Waals surface area contributed by atoms with Crippen LogP contribution < -0.4 is 14.2 Å². The van der Waals surface area contributed by atoms with Crippen molar-refractivity contribution in [1.82, 2.24) is 0 Å². The topological polar surface area (TPSA) is 27.7 Å². The van der Waals surface area contributed by atoms with Gasteiger partial charge in [0.05, 0.1) is 27.2 Å². The van der Waals surface area contributed by atoms with E-state index in [0.29, 0.717) is 11.5 Å². The van der Waals surface area contributed by atoms with E-state index in [2.05, 4.69) is 0 Å². The van der Waals surface area contributed by atoms with E-state index in [-0.39, 0.29) is 5.75 Å². The minimum atomic E-state index is -4.24. The largest absolute Gasteiger partial charge is 0.496 e. The third-order valence-corrected chi connectivity index (χ3v) is 2.73. The standard InChI is InChI=1S/C14H19F3O3/c1-4-5-10-8-12(19-3)13(9-11(10)18-2)20-7-6-14(15,16)17/h8-9H,4-7H2,1-3H3. The van der Waals surface area contributed by atoms with Crippen molar-refractivity contribution in [3.63, 3.8) is 0 Å². The van der Waals surface area contributed by atoms with Crippen LogP contribution in [0.3, 0.4) is 0 Å². The Hall–Kier alpha value is -1.59. The lowest BCUT2D eigenvalue weighted by atomic mass is 10.1. The van der Waals surface area contributed by atoms with Gasteiger partial charge < -0.3 is 14.2 Å². The lowest BCUT2D eigenvalue weighted by molar-refractivity contribution is -0.139. The van der Waals surface area contributed by atoms with Gasteiger partial charge in [0.2, 0.25) is 0 Å². The van der Waals surface area contributed by atoms with E-state index in [9.17, 15) is 13.2 Å². The van der Waals surface area contributed by atoms with E-state index in [1.807, 2.05) is 6.92 Å². The molecule has 114 valence electrons. The molecule has 0 aliphatic heterocycles. The highest BCUT2D eigenvalue weighted by molar-refractivity contribution is 5.50. The molecule has 6 heteroatoms. The van der Waals surface area contributed by atoms with Crippen LogP contribution in [0.5, 0.6) is 17.2 Å². The fourth-order valence-corrected chi connectivity index (χ4v) is 1.79. The Labute approximate surface area is 116 Å². The molecule has 1 aromatic rings. The highest BCUT2D eigenvalue weighted by atomic mass is 19.4. The van der Waals surface area contributed by atoms with Gasteiger partial charge in [0.15, 0.2) is 11.5 Å². The highest BCUT2D eigenvalue weighted by Gasteiger charge is 2.27. The van der Waals surface area contributed by atoms with Gasteiger partial charge in [0.1, 0.15) is 5.75 Å². The van der Waals surface area contributed by atoms with Crippen molar-refractivity contribution >= 4 is 0 Å². The van der Waals surface area contributed by atoms with E-state index < -0.39 is 19.2 Å². The van der Waals surface area contributed by atoms with Crippen molar-refractivity contribution in [3.8, 4) is 17.2 Å². The normalized spacial score (nSPS) is 11.3. The summed E-state index contributed by atoms with van der Waals surface area (Å²) in [7, 11) is 2.97. The predicted octanol–water partition coefficient (Wildman–Crippen LogP) is 3.99. The second-order valence-corrected chi connectivity index (χ2v) is 4.28. The molecule has 0 aliphatic carbocycles. The van der Waals surface area contributed by atoms with Gasteiger partial charge in [-0.3, -0.25) is 0 Å². The van der Waals surface area contributed by atoms with Crippen molar-refractivity contribution in [2.45, 2.75) is 32.4 Å². The average Bonchev–Trinajstić information content (AvgIpc) is 2.38. The van der Waals surface area contributed by atoms with Gasteiger partial charge in [0, 0.05) is 6.07 Å². The quantitative estimate of drug-likeness (QED) is 0.760. The van der Waals surface area contributed by atoms with Crippen LogP contribution in [0.25, 0.3) is 0 Å². The zero-order valence-corrected chi connectivity index (χ0v) is 11.8. The molecule has 0 aliphatic rings. The third kappa shape index (κ3) is 4.83. The maximum Gasteiger partial charge on any atom is 0.392 e. The van der Waals surface area contributed by atoms with Crippen LogP contribution in [0.2, 0.25) is 0 Å². The number of halogens is 3. The molecule has 1 aromatic carbocycles. The SMILES string of the molecule is CCCc1cc(OC)c(OCCC(F)(F)F)cc1OC. The number of benzene rings is 1. The Morgan fingerprint density at radius 1 is 1.00 bits per heavy atom. The first-order valence-corrected chi connectivity index (χ1v) is 6.35. The summed E-state index contributed by atoms with van der Waals surface area (Å²) in [6.07, 6.45) is -3.52. The number of ether oxygens (including phenoxy) is 3. The summed E-state index contributed by atoms with van der Waals surface area (Å²) in [5.74, 6) is 1.26. The van der Waals surface area contributed by atoms with Gasteiger partial charge in [-0.1, -0.05) is 13.3 Å². The van der Waals surface area contributed by atoms with Gasteiger partial charge in [-0.25, -0.2) is 0 Å². The third-order valence-electron chi connectivity index (χ3n) is 2.73. The van der Waals surface area contributed by atoms with Crippen LogP contribution in [-0.4, -0.2) is 27.0 Å². The number of aryl methyl sites for hydroxylation is 1. The Morgan fingerprint density at radius 2 is 1.65 bits per heavy atom. The minimum absolute atomic E-state index is 0.258. The number of hydrogen-bond acceptors (Lipinski definition) is 3. The molecule has 0 atom stereocenters. The molecule has 0 fully saturated rings. The van der Waals surface area contributed by atoms with Crippen LogP contribution in [0.1, 0.15) is 25.3 Å². The summed E-state index contributed by atoms with van der Waals surface area (Å²) in [5, 5.41) is 0. The molecule has 0 heterocycles. The van der Waals surface area contributed by atoms with Gasteiger partial charge in [-0.2, -0.15) is 13.2 Å². The van der Waals surface area contributed by atoms with Gasteiger partial charge in [0.25, 0.3) is 0 Å². The first kappa shape index (κ1) is 16.5. The van der Waals surface area contributed by atoms with Gasteiger partial charge in [-0.05, 0) is 18.1 Å². The van der Waals surface area contributed by atoms with Crippen molar-refractivity contribution < 1.29 is 27.4 Å². The number of rotatable bonds is 7. The molecule has 20 heavy (non-hydrogen) atoms. The summed E-state index contributed by atoms with van der Waals surface area (Å²) < 4.78 is 51.9. The second kappa shape index (κ2) is 7.26. The molecule has 0 aromatic heterocycles. The lowest BCUT2D eigenvalue weighted by Gasteiger charge is -2.15. The first-order chi connectivity index (χ1) is 9.41. The molecular formula is C14H19F3O3.